The van der Waals surface area contributed by atoms with Gasteiger partial charge in [-0.3, -0.25) is 0 Å². The zero-order valence-corrected chi connectivity index (χ0v) is 12.4. The average Bonchev–Trinajstić information content (AvgIpc) is 2.50. The van der Waals surface area contributed by atoms with Crippen molar-refractivity contribution in [3.05, 3.63) is 46.8 Å². The van der Waals surface area contributed by atoms with Crippen LogP contribution < -0.4 is 0 Å². The van der Waals surface area contributed by atoms with E-state index in [-0.39, 0.29) is 11.8 Å². The molecule has 1 aromatic rings. The van der Waals surface area contributed by atoms with E-state index in [9.17, 15) is 18.0 Å². The molecule has 1 N–H and O–H groups in total. The van der Waals surface area contributed by atoms with E-state index in [4.69, 9.17) is 5.11 Å². The van der Waals surface area contributed by atoms with Crippen LogP contribution in [0.2, 0.25) is 0 Å². The zero-order chi connectivity index (χ0) is 16.3. The molecule has 1 fully saturated rings. The molecule has 0 amide bonds. The third-order valence-corrected chi connectivity index (χ3v) is 4.34. The lowest BCUT2D eigenvalue weighted by atomic mass is 9.78. The van der Waals surface area contributed by atoms with Gasteiger partial charge in [-0.05, 0) is 61.6 Å². The highest BCUT2D eigenvalue weighted by Gasteiger charge is 2.24. The summed E-state index contributed by atoms with van der Waals surface area (Å²) in [6, 6.07) is 2.13. The Bertz CT molecular complexity index is 565. The largest absolute Gasteiger partial charge is 0.478 e. The van der Waals surface area contributed by atoms with Crippen molar-refractivity contribution in [2.24, 2.45) is 5.92 Å². The molecule has 0 aromatic heterocycles. The summed E-state index contributed by atoms with van der Waals surface area (Å²) in [5.41, 5.74) is 0.884. The standard InChI is InChI=1S/C17H19F3O2/c1-2-11(17(21)22)7-10-3-5-12(6-4-10)13-8-14(18)16(20)15(19)9-13/h7-10,12H,2-6H2,1H3,(H,21,22). The highest BCUT2D eigenvalue weighted by atomic mass is 19.2. The van der Waals surface area contributed by atoms with Crippen LogP contribution in [0.25, 0.3) is 0 Å². The molecule has 0 saturated heterocycles. The summed E-state index contributed by atoms with van der Waals surface area (Å²) in [5.74, 6) is -4.48. The highest BCUT2D eigenvalue weighted by molar-refractivity contribution is 5.86. The minimum atomic E-state index is -1.44. The van der Waals surface area contributed by atoms with E-state index in [0.29, 0.717) is 30.4 Å². The molecule has 0 bridgehead atoms. The Balaban J connectivity index is 2.05. The van der Waals surface area contributed by atoms with Crippen LogP contribution in [-0.4, -0.2) is 11.1 Å². The fourth-order valence-corrected chi connectivity index (χ4v) is 3.05. The summed E-state index contributed by atoms with van der Waals surface area (Å²) in [4.78, 5) is 11.0. The van der Waals surface area contributed by atoms with Crippen LogP contribution in [0.3, 0.4) is 0 Å². The molecule has 5 heteroatoms. The number of aliphatic carboxylic acids is 1. The number of carbonyl (C=O) groups is 1. The monoisotopic (exact) mass is 312 g/mol. The molecule has 0 aliphatic heterocycles. The first-order valence-corrected chi connectivity index (χ1v) is 7.50. The molecule has 0 spiro atoms. The van der Waals surface area contributed by atoms with E-state index in [1.165, 1.54) is 0 Å². The van der Waals surface area contributed by atoms with E-state index in [2.05, 4.69) is 0 Å². The third kappa shape index (κ3) is 3.70. The summed E-state index contributed by atoms with van der Waals surface area (Å²) >= 11 is 0. The van der Waals surface area contributed by atoms with Crippen molar-refractivity contribution in [1.82, 2.24) is 0 Å². The number of rotatable bonds is 4. The van der Waals surface area contributed by atoms with Crippen LogP contribution in [0.1, 0.15) is 50.5 Å². The first kappa shape index (κ1) is 16.6. The van der Waals surface area contributed by atoms with Gasteiger partial charge >= 0.3 is 5.97 Å². The predicted octanol–water partition coefficient (Wildman–Crippen LogP) is 4.80. The van der Waals surface area contributed by atoms with Gasteiger partial charge in [0.2, 0.25) is 0 Å². The second-order valence-corrected chi connectivity index (χ2v) is 5.76. The van der Waals surface area contributed by atoms with Gasteiger partial charge in [-0.2, -0.15) is 0 Å². The lowest BCUT2D eigenvalue weighted by Crippen LogP contribution is -2.14. The highest BCUT2D eigenvalue weighted by Crippen LogP contribution is 2.37. The molecule has 1 aliphatic carbocycles. The van der Waals surface area contributed by atoms with E-state index in [0.717, 1.165) is 25.0 Å². The van der Waals surface area contributed by atoms with Gasteiger partial charge in [-0.15, -0.1) is 0 Å². The van der Waals surface area contributed by atoms with Gasteiger partial charge in [0.15, 0.2) is 17.5 Å². The second kappa shape index (κ2) is 6.99. The number of halogens is 3. The quantitative estimate of drug-likeness (QED) is 0.640. The average molecular weight is 312 g/mol. The van der Waals surface area contributed by atoms with E-state index in [1.54, 1.807) is 13.0 Å². The molecular weight excluding hydrogens is 293 g/mol. The molecule has 1 saturated carbocycles. The summed E-state index contributed by atoms with van der Waals surface area (Å²) in [5, 5.41) is 9.03. The van der Waals surface area contributed by atoms with Crippen LogP contribution in [0, 0.1) is 23.4 Å². The summed E-state index contributed by atoms with van der Waals surface area (Å²) in [6.45, 7) is 1.80. The van der Waals surface area contributed by atoms with E-state index >= 15 is 0 Å². The normalized spacial score (nSPS) is 22.6. The fraction of sp³-hybridized carbons (Fsp3) is 0.471. The van der Waals surface area contributed by atoms with E-state index < -0.39 is 23.4 Å². The summed E-state index contributed by atoms with van der Waals surface area (Å²) < 4.78 is 39.6. The van der Waals surface area contributed by atoms with Crippen LogP contribution >= 0.6 is 0 Å². The summed E-state index contributed by atoms with van der Waals surface area (Å²) in [7, 11) is 0. The molecule has 2 rings (SSSR count). The van der Waals surface area contributed by atoms with Gasteiger partial charge in [-0.1, -0.05) is 13.0 Å². The van der Waals surface area contributed by atoms with Crippen LogP contribution in [0.15, 0.2) is 23.8 Å². The number of hydrogen-bond acceptors (Lipinski definition) is 1. The van der Waals surface area contributed by atoms with Gasteiger partial charge in [0, 0.05) is 5.57 Å². The van der Waals surface area contributed by atoms with Crippen molar-refractivity contribution in [2.45, 2.75) is 44.9 Å². The molecular formula is C17H19F3O2. The van der Waals surface area contributed by atoms with Gasteiger partial charge in [0.25, 0.3) is 0 Å². The predicted molar refractivity (Wildman–Crippen MR) is 77.0 cm³/mol. The Labute approximate surface area is 127 Å². The van der Waals surface area contributed by atoms with Gasteiger partial charge in [0.1, 0.15) is 0 Å². The minimum absolute atomic E-state index is 0.0100. The Morgan fingerprint density at radius 2 is 1.73 bits per heavy atom. The van der Waals surface area contributed by atoms with Crippen LogP contribution in [0.5, 0.6) is 0 Å². The molecule has 2 nitrogen and oxygen atoms in total. The SMILES string of the molecule is CCC(=CC1CCC(c2cc(F)c(F)c(F)c2)CC1)C(=O)O. The first-order chi connectivity index (χ1) is 10.4. The molecule has 1 aliphatic rings. The maximum Gasteiger partial charge on any atom is 0.331 e. The number of carboxylic acids is 1. The maximum atomic E-state index is 13.3. The van der Waals surface area contributed by atoms with Crippen molar-refractivity contribution in [3.63, 3.8) is 0 Å². The van der Waals surface area contributed by atoms with Crippen molar-refractivity contribution in [3.8, 4) is 0 Å². The summed E-state index contributed by atoms with van der Waals surface area (Å²) in [6.07, 6.45) is 5.22. The van der Waals surface area contributed by atoms with Crippen LogP contribution in [0.4, 0.5) is 13.2 Å². The van der Waals surface area contributed by atoms with Gasteiger partial charge < -0.3 is 5.11 Å². The Hall–Kier alpha value is -1.78. The molecule has 0 atom stereocenters. The smallest absolute Gasteiger partial charge is 0.331 e. The topological polar surface area (TPSA) is 37.3 Å². The number of hydrogen-bond donors (Lipinski definition) is 1. The molecule has 0 radical (unpaired) electrons. The molecule has 120 valence electrons. The zero-order valence-electron chi connectivity index (χ0n) is 12.4. The first-order valence-electron chi connectivity index (χ1n) is 7.50. The maximum absolute atomic E-state index is 13.3. The van der Waals surface area contributed by atoms with Crippen molar-refractivity contribution in [2.75, 3.05) is 0 Å². The Morgan fingerprint density at radius 3 is 2.18 bits per heavy atom. The minimum Gasteiger partial charge on any atom is -0.478 e. The molecule has 22 heavy (non-hydrogen) atoms. The second-order valence-electron chi connectivity index (χ2n) is 5.76. The van der Waals surface area contributed by atoms with E-state index in [1.807, 2.05) is 0 Å². The van der Waals surface area contributed by atoms with Crippen molar-refractivity contribution >= 4 is 5.97 Å². The number of carboxylic acid groups (broad SMARTS) is 1. The molecule has 0 heterocycles. The lowest BCUT2D eigenvalue weighted by Gasteiger charge is -2.27. The number of benzene rings is 1. The molecule has 0 unspecified atom stereocenters. The van der Waals surface area contributed by atoms with Crippen LogP contribution in [-0.2, 0) is 4.79 Å². The molecule has 1 aromatic carbocycles. The van der Waals surface area contributed by atoms with Gasteiger partial charge in [0.05, 0.1) is 0 Å². The van der Waals surface area contributed by atoms with Crippen molar-refractivity contribution < 1.29 is 23.1 Å². The number of allylic oxidation sites excluding steroid dienone is 1. The van der Waals surface area contributed by atoms with Crippen molar-refractivity contribution in [1.29, 1.82) is 0 Å². The Kier molecular flexibility index (Phi) is 5.27. The third-order valence-electron chi connectivity index (χ3n) is 4.34. The van der Waals surface area contributed by atoms with Gasteiger partial charge in [-0.25, -0.2) is 18.0 Å². The lowest BCUT2D eigenvalue weighted by molar-refractivity contribution is -0.132. The fourth-order valence-electron chi connectivity index (χ4n) is 3.05. The Morgan fingerprint density at radius 1 is 1.18 bits per heavy atom.